The normalized spacial score (nSPS) is 11.1. The van der Waals surface area contributed by atoms with Gasteiger partial charge in [0.25, 0.3) is 11.6 Å². The van der Waals surface area contributed by atoms with Crippen LogP contribution in [0.25, 0.3) is 33.5 Å². The van der Waals surface area contributed by atoms with Gasteiger partial charge in [0.15, 0.2) is 0 Å². The molecule has 0 aliphatic heterocycles. The number of non-ortho nitro benzene ring substituents is 1. The van der Waals surface area contributed by atoms with Gasteiger partial charge in [0.1, 0.15) is 11.5 Å². The third-order valence-corrected chi connectivity index (χ3v) is 6.10. The van der Waals surface area contributed by atoms with Gasteiger partial charge in [0.05, 0.1) is 27.9 Å². The van der Waals surface area contributed by atoms with Gasteiger partial charge in [-0.3, -0.25) is 14.9 Å². The van der Waals surface area contributed by atoms with Crippen LogP contribution in [-0.2, 0) is 0 Å². The maximum absolute atomic E-state index is 13.0. The number of fused-ring (bicyclic) bond motifs is 1. The number of halogens is 1. The SMILES string of the molecule is O=C(N/N=C\c1ccc(-c2ccc([N+](=O)[O-])cc2Br)o1)c1cc(-c2ccccc2)nc2ccccc12. The number of hydrazone groups is 1. The molecule has 1 amide bonds. The molecule has 0 fully saturated rings. The fourth-order valence-corrected chi connectivity index (χ4v) is 4.28. The number of carbonyl (C=O) groups excluding carboxylic acids is 1. The van der Waals surface area contributed by atoms with Gasteiger partial charge in [0.2, 0.25) is 0 Å². The predicted molar refractivity (Wildman–Crippen MR) is 141 cm³/mol. The predicted octanol–water partition coefficient (Wildman–Crippen LogP) is 6.60. The van der Waals surface area contributed by atoms with Crippen LogP contribution in [0.4, 0.5) is 5.69 Å². The number of hydrogen-bond acceptors (Lipinski definition) is 6. The van der Waals surface area contributed by atoms with Gasteiger partial charge in [-0.05, 0) is 46.3 Å². The zero-order chi connectivity index (χ0) is 25.1. The number of pyridine rings is 1. The Morgan fingerprint density at radius 1 is 1.00 bits per heavy atom. The molecule has 36 heavy (non-hydrogen) atoms. The highest BCUT2D eigenvalue weighted by Crippen LogP contribution is 2.32. The Balaban J connectivity index is 1.37. The van der Waals surface area contributed by atoms with E-state index >= 15 is 0 Å². The number of nitro benzene ring substituents is 1. The molecule has 0 spiro atoms. The van der Waals surface area contributed by atoms with E-state index < -0.39 is 4.92 Å². The molecule has 0 radical (unpaired) electrons. The topological polar surface area (TPSA) is 111 Å². The minimum Gasteiger partial charge on any atom is -0.455 e. The summed E-state index contributed by atoms with van der Waals surface area (Å²) in [5.74, 6) is 0.518. The van der Waals surface area contributed by atoms with E-state index in [2.05, 4.69) is 26.5 Å². The van der Waals surface area contributed by atoms with Crippen molar-refractivity contribution in [3.63, 3.8) is 0 Å². The zero-order valence-corrected chi connectivity index (χ0v) is 20.2. The summed E-state index contributed by atoms with van der Waals surface area (Å²) >= 11 is 3.34. The van der Waals surface area contributed by atoms with Crippen molar-refractivity contribution >= 4 is 44.6 Å². The Morgan fingerprint density at radius 2 is 1.78 bits per heavy atom. The molecule has 8 nitrogen and oxygen atoms in total. The molecular weight excluding hydrogens is 524 g/mol. The molecule has 0 aliphatic carbocycles. The molecule has 0 unspecified atom stereocenters. The summed E-state index contributed by atoms with van der Waals surface area (Å²) in [5.41, 5.74) is 5.93. The third-order valence-electron chi connectivity index (χ3n) is 5.44. The highest BCUT2D eigenvalue weighted by molar-refractivity contribution is 9.10. The van der Waals surface area contributed by atoms with E-state index in [4.69, 9.17) is 9.40 Å². The molecule has 5 rings (SSSR count). The molecule has 2 aromatic heterocycles. The molecule has 0 saturated heterocycles. The van der Waals surface area contributed by atoms with Gasteiger partial charge in [0, 0.05) is 33.1 Å². The Hall–Kier alpha value is -4.63. The Labute approximate surface area is 213 Å². The number of hydrogen-bond donors (Lipinski definition) is 1. The van der Waals surface area contributed by atoms with Crippen molar-refractivity contribution in [2.24, 2.45) is 5.10 Å². The lowest BCUT2D eigenvalue weighted by atomic mass is 10.0. The summed E-state index contributed by atoms with van der Waals surface area (Å²) in [7, 11) is 0. The summed E-state index contributed by atoms with van der Waals surface area (Å²) < 4.78 is 6.30. The average molecular weight is 541 g/mol. The quantitative estimate of drug-likeness (QED) is 0.148. The largest absolute Gasteiger partial charge is 0.455 e. The maximum atomic E-state index is 13.0. The molecule has 3 aromatic carbocycles. The average Bonchev–Trinajstić information content (AvgIpc) is 3.37. The standard InChI is InChI=1S/C27H17BrN4O4/c28-23-14-18(32(34)35)10-12-21(23)26-13-11-19(36-26)16-29-31-27(33)22-15-25(17-6-2-1-3-7-17)30-24-9-5-4-8-20(22)24/h1-16H,(H,31,33)/b29-16-. The van der Waals surface area contributed by atoms with Gasteiger partial charge in [-0.25, -0.2) is 10.4 Å². The third kappa shape index (κ3) is 4.77. The first-order valence-corrected chi connectivity index (χ1v) is 11.6. The number of nitrogens with one attached hydrogen (secondary N) is 1. The second kappa shape index (κ2) is 9.93. The highest BCUT2D eigenvalue weighted by Gasteiger charge is 2.15. The molecule has 9 heteroatoms. The van der Waals surface area contributed by atoms with Crippen molar-refractivity contribution in [2.75, 3.05) is 0 Å². The van der Waals surface area contributed by atoms with Crippen molar-refractivity contribution in [3.05, 3.63) is 117 Å². The lowest BCUT2D eigenvalue weighted by Gasteiger charge is -2.09. The molecule has 176 valence electrons. The van der Waals surface area contributed by atoms with E-state index in [0.717, 1.165) is 5.56 Å². The van der Waals surface area contributed by atoms with Crippen molar-refractivity contribution in [1.29, 1.82) is 0 Å². The first-order chi connectivity index (χ1) is 17.5. The molecule has 0 atom stereocenters. The Bertz CT molecular complexity index is 1630. The molecule has 0 bridgehead atoms. The fraction of sp³-hybridized carbons (Fsp3) is 0. The molecular formula is C27H17BrN4O4. The summed E-state index contributed by atoms with van der Waals surface area (Å²) in [5, 5.41) is 15.7. The molecule has 2 heterocycles. The first kappa shape index (κ1) is 23.1. The number of rotatable bonds is 6. The number of amides is 1. The maximum Gasteiger partial charge on any atom is 0.272 e. The number of nitro groups is 1. The van der Waals surface area contributed by atoms with Gasteiger partial charge < -0.3 is 4.42 Å². The first-order valence-electron chi connectivity index (χ1n) is 10.8. The van der Waals surface area contributed by atoms with Crippen LogP contribution in [0.3, 0.4) is 0 Å². The van der Waals surface area contributed by atoms with Crippen molar-refractivity contribution in [1.82, 2.24) is 10.4 Å². The highest BCUT2D eigenvalue weighted by atomic mass is 79.9. The van der Waals surface area contributed by atoms with Crippen LogP contribution >= 0.6 is 15.9 Å². The fourth-order valence-electron chi connectivity index (χ4n) is 3.72. The number of nitrogens with zero attached hydrogens (tertiary/aromatic N) is 3. The van der Waals surface area contributed by atoms with Crippen LogP contribution in [-0.4, -0.2) is 22.0 Å². The second-order valence-electron chi connectivity index (χ2n) is 7.76. The number of carbonyl (C=O) groups is 1. The van der Waals surface area contributed by atoms with Gasteiger partial charge in [-0.15, -0.1) is 0 Å². The van der Waals surface area contributed by atoms with E-state index in [1.807, 2.05) is 54.6 Å². The van der Waals surface area contributed by atoms with E-state index in [0.29, 0.717) is 43.7 Å². The Morgan fingerprint density at radius 3 is 2.56 bits per heavy atom. The van der Waals surface area contributed by atoms with Crippen molar-refractivity contribution in [2.45, 2.75) is 0 Å². The summed E-state index contributed by atoms with van der Waals surface area (Å²) in [6, 6.07) is 26.7. The summed E-state index contributed by atoms with van der Waals surface area (Å²) in [6.07, 6.45) is 1.39. The Kier molecular flexibility index (Phi) is 6.38. The van der Waals surface area contributed by atoms with Crippen LogP contribution in [0.2, 0.25) is 0 Å². The van der Waals surface area contributed by atoms with Crippen molar-refractivity contribution < 1.29 is 14.1 Å². The molecule has 1 N–H and O–H groups in total. The number of aromatic nitrogens is 1. The monoisotopic (exact) mass is 540 g/mol. The van der Waals surface area contributed by atoms with E-state index in [1.54, 1.807) is 24.3 Å². The smallest absolute Gasteiger partial charge is 0.272 e. The lowest BCUT2D eigenvalue weighted by Crippen LogP contribution is -2.18. The van der Waals surface area contributed by atoms with Gasteiger partial charge in [-0.2, -0.15) is 5.10 Å². The van der Waals surface area contributed by atoms with Crippen LogP contribution < -0.4 is 5.43 Å². The molecule has 5 aromatic rings. The van der Waals surface area contributed by atoms with E-state index in [1.165, 1.54) is 18.3 Å². The van der Waals surface area contributed by atoms with Crippen LogP contribution in [0.15, 0.2) is 105 Å². The lowest BCUT2D eigenvalue weighted by molar-refractivity contribution is -0.384. The molecule has 0 aliphatic rings. The molecule has 0 saturated carbocycles. The van der Waals surface area contributed by atoms with Crippen molar-refractivity contribution in [3.8, 4) is 22.6 Å². The van der Waals surface area contributed by atoms with Gasteiger partial charge in [-0.1, -0.05) is 48.5 Å². The van der Waals surface area contributed by atoms with Crippen LogP contribution in [0.5, 0.6) is 0 Å². The minimum absolute atomic E-state index is 0.0271. The zero-order valence-electron chi connectivity index (χ0n) is 18.6. The summed E-state index contributed by atoms with van der Waals surface area (Å²) in [6.45, 7) is 0. The van der Waals surface area contributed by atoms with E-state index in [9.17, 15) is 14.9 Å². The van der Waals surface area contributed by atoms with Crippen LogP contribution in [0.1, 0.15) is 16.1 Å². The number of benzene rings is 3. The minimum atomic E-state index is -0.466. The van der Waals surface area contributed by atoms with Crippen LogP contribution in [0, 0.1) is 10.1 Å². The van der Waals surface area contributed by atoms with E-state index in [-0.39, 0.29) is 11.6 Å². The number of para-hydroxylation sites is 1. The summed E-state index contributed by atoms with van der Waals surface area (Å²) in [4.78, 5) is 28.2. The van der Waals surface area contributed by atoms with Gasteiger partial charge >= 0.3 is 0 Å². The second-order valence-corrected chi connectivity index (χ2v) is 8.61. The number of furan rings is 1.